The lowest BCUT2D eigenvalue weighted by Gasteiger charge is -2.28. The zero-order valence-electron chi connectivity index (χ0n) is 19.2. The van der Waals surface area contributed by atoms with Crippen LogP contribution in [0.5, 0.6) is 0 Å². The molecule has 4 rings (SSSR count). The molecule has 1 atom stereocenters. The molecule has 168 valence electrons. The summed E-state index contributed by atoms with van der Waals surface area (Å²) in [6, 6.07) is 12.4. The fourth-order valence-electron chi connectivity index (χ4n) is 4.25. The Morgan fingerprint density at radius 1 is 1.12 bits per heavy atom. The van der Waals surface area contributed by atoms with Crippen molar-refractivity contribution in [1.82, 2.24) is 9.88 Å². The number of ether oxygens (including phenoxy) is 1. The first-order chi connectivity index (χ1) is 15.3. The summed E-state index contributed by atoms with van der Waals surface area (Å²) in [5.41, 5.74) is 7.19. The Kier molecular flexibility index (Phi) is 6.63. The Hall–Kier alpha value is -2.70. The van der Waals surface area contributed by atoms with E-state index in [0.29, 0.717) is 23.8 Å². The molecule has 0 aliphatic carbocycles. The molecule has 1 aromatic heterocycles. The summed E-state index contributed by atoms with van der Waals surface area (Å²) in [6.07, 6.45) is 2.19. The third kappa shape index (κ3) is 5.03. The summed E-state index contributed by atoms with van der Waals surface area (Å²) in [5.74, 6) is 0. The van der Waals surface area contributed by atoms with Gasteiger partial charge in [0.05, 0.1) is 12.6 Å². The normalized spacial score (nSPS) is 15.8. The van der Waals surface area contributed by atoms with Gasteiger partial charge in [-0.1, -0.05) is 17.7 Å². The molecule has 1 fully saturated rings. The first-order valence-electron chi connectivity index (χ1n) is 11.2. The van der Waals surface area contributed by atoms with Crippen LogP contribution in [0.3, 0.4) is 0 Å². The second-order valence-corrected chi connectivity index (χ2v) is 9.30. The predicted octanol–water partition coefficient (Wildman–Crippen LogP) is 5.14. The molecule has 6 heteroatoms. The molecule has 2 aromatic carbocycles. The molecule has 0 radical (unpaired) electrons. The van der Waals surface area contributed by atoms with Crippen molar-refractivity contribution in [2.75, 3.05) is 18.5 Å². The Balaban J connectivity index is 1.62. The highest BCUT2D eigenvalue weighted by Crippen LogP contribution is 2.21. The number of aryl methyl sites for hydroxylation is 4. The van der Waals surface area contributed by atoms with Crippen molar-refractivity contribution in [3.05, 3.63) is 74.6 Å². The fourth-order valence-corrected chi connectivity index (χ4v) is 4.50. The van der Waals surface area contributed by atoms with E-state index >= 15 is 0 Å². The number of nitrogens with zero attached hydrogens (tertiary/aromatic N) is 1. The Morgan fingerprint density at radius 2 is 1.91 bits per heavy atom. The van der Waals surface area contributed by atoms with Crippen LogP contribution < -0.4 is 10.9 Å². The largest absolute Gasteiger partial charge is 0.376 e. The van der Waals surface area contributed by atoms with Gasteiger partial charge in [0.2, 0.25) is 0 Å². The first kappa shape index (κ1) is 22.5. The Morgan fingerprint density at radius 3 is 2.62 bits per heavy atom. The summed E-state index contributed by atoms with van der Waals surface area (Å²) in [5, 5.41) is 5.03. The van der Waals surface area contributed by atoms with Crippen molar-refractivity contribution < 1.29 is 4.74 Å². The second kappa shape index (κ2) is 9.43. The number of aromatic nitrogens is 1. The highest BCUT2D eigenvalue weighted by Gasteiger charge is 2.22. The minimum Gasteiger partial charge on any atom is -0.376 e. The SMILES string of the molecule is Cc1ccc(NC(=S)N(Cc2cc3cc(C)c(C)cc3[nH]c2=O)C[C@H]2CCCO2)c(C)c1. The standard InChI is InChI=1S/C26H31N3O2S/c1-16-7-8-23(19(4)10-16)28-26(32)29(15-22-6-5-9-31-22)14-21-13-20-11-17(2)18(3)12-24(20)27-25(21)30/h7-8,10-13,22H,5-6,9,14-15H2,1-4H3,(H,27,30)(H,28,32)/t22-/m1/s1. The molecule has 5 nitrogen and oxygen atoms in total. The van der Waals surface area contributed by atoms with Gasteiger partial charge in [-0.05, 0) is 99.1 Å². The Bertz CT molecular complexity index is 1210. The number of nitrogens with one attached hydrogen (secondary N) is 2. The quantitative estimate of drug-likeness (QED) is 0.528. The van der Waals surface area contributed by atoms with Crippen LogP contribution in [0.2, 0.25) is 0 Å². The number of rotatable bonds is 5. The minimum absolute atomic E-state index is 0.0765. The molecule has 1 aliphatic rings. The summed E-state index contributed by atoms with van der Waals surface area (Å²) in [7, 11) is 0. The van der Waals surface area contributed by atoms with Crippen LogP contribution in [0.15, 0.2) is 41.2 Å². The average molecular weight is 450 g/mol. The van der Waals surface area contributed by atoms with Crippen LogP contribution >= 0.6 is 12.2 Å². The number of anilines is 1. The van der Waals surface area contributed by atoms with Crippen LogP contribution in [-0.4, -0.2) is 34.3 Å². The van der Waals surface area contributed by atoms with E-state index in [9.17, 15) is 4.79 Å². The molecule has 0 bridgehead atoms. The van der Waals surface area contributed by atoms with Gasteiger partial charge in [0.1, 0.15) is 0 Å². The van der Waals surface area contributed by atoms with Crippen LogP contribution in [-0.2, 0) is 11.3 Å². The first-order valence-corrected chi connectivity index (χ1v) is 11.6. The third-order valence-electron chi connectivity index (χ3n) is 6.26. The smallest absolute Gasteiger partial charge is 0.253 e. The van der Waals surface area contributed by atoms with E-state index in [-0.39, 0.29) is 11.7 Å². The lowest BCUT2D eigenvalue weighted by molar-refractivity contribution is 0.0904. The summed E-state index contributed by atoms with van der Waals surface area (Å²) >= 11 is 5.81. The highest BCUT2D eigenvalue weighted by molar-refractivity contribution is 7.80. The number of H-pyrrole nitrogens is 1. The van der Waals surface area contributed by atoms with E-state index in [1.807, 2.05) is 12.1 Å². The maximum absolute atomic E-state index is 12.9. The Labute approximate surface area is 194 Å². The molecule has 1 saturated heterocycles. The van der Waals surface area contributed by atoms with Crippen LogP contribution in [0.4, 0.5) is 5.69 Å². The van der Waals surface area contributed by atoms with Crippen molar-refractivity contribution in [2.24, 2.45) is 0 Å². The van der Waals surface area contributed by atoms with Gasteiger partial charge in [0, 0.05) is 29.9 Å². The van der Waals surface area contributed by atoms with Crippen LogP contribution in [0, 0.1) is 27.7 Å². The van der Waals surface area contributed by atoms with Gasteiger partial charge in [-0.3, -0.25) is 4.79 Å². The van der Waals surface area contributed by atoms with Gasteiger partial charge in [-0.25, -0.2) is 0 Å². The number of benzene rings is 2. The number of hydrogen-bond acceptors (Lipinski definition) is 3. The van der Waals surface area contributed by atoms with E-state index in [4.69, 9.17) is 17.0 Å². The van der Waals surface area contributed by atoms with E-state index in [1.165, 1.54) is 16.7 Å². The molecule has 0 unspecified atom stereocenters. The van der Waals surface area contributed by atoms with Crippen molar-refractivity contribution in [1.29, 1.82) is 0 Å². The van der Waals surface area contributed by atoms with Gasteiger partial charge in [-0.2, -0.15) is 0 Å². The molecule has 0 amide bonds. The maximum Gasteiger partial charge on any atom is 0.253 e. The molecule has 2 N–H and O–H groups in total. The lowest BCUT2D eigenvalue weighted by atomic mass is 10.0. The van der Waals surface area contributed by atoms with Crippen LogP contribution in [0.25, 0.3) is 10.9 Å². The maximum atomic E-state index is 12.9. The van der Waals surface area contributed by atoms with Crippen LogP contribution in [0.1, 0.15) is 40.7 Å². The third-order valence-corrected chi connectivity index (χ3v) is 6.62. The molecule has 0 spiro atoms. The van der Waals surface area contributed by atoms with Gasteiger partial charge in [0.15, 0.2) is 5.11 Å². The monoisotopic (exact) mass is 449 g/mol. The van der Waals surface area contributed by atoms with Crippen molar-refractivity contribution >= 4 is 33.9 Å². The zero-order chi connectivity index (χ0) is 22.8. The van der Waals surface area contributed by atoms with Crippen molar-refractivity contribution in [3.8, 4) is 0 Å². The lowest BCUT2D eigenvalue weighted by Crippen LogP contribution is -2.40. The molecule has 1 aliphatic heterocycles. The number of hydrogen-bond donors (Lipinski definition) is 2. The van der Waals surface area contributed by atoms with Gasteiger partial charge < -0.3 is 19.9 Å². The van der Waals surface area contributed by atoms with Gasteiger partial charge in [0.25, 0.3) is 5.56 Å². The average Bonchev–Trinajstić information content (AvgIpc) is 3.25. The predicted molar refractivity (Wildman–Crippen MR) is 136 cm³/mol. The van der Waals surface area contributed by atoms with E-state index in [2.05, 4.69) is 67.2 Å². The van der Waals surface area contributed by atoms with Crippen molar-refractivity contribution in [3.63, 3.8) is 0 Å². The zero-order valence-corrected chi connectivity index (χ0v) is 20.1. The van der Waals surface area contributed by atoms with E-state index in [0.717, 1.165) is 41.6 Å². The fraction of sp³-hybridized carbons (Fsp3) is 0.385. The summed E-state index contributed by atoms with van der Waals surface area (Å²) < 4.78 is 5.88. The number of pyridine rings is 1. The van der Waals surface area contributed by atoms with Gasteiger partial charge in [-0.15, -0.1) is 0 Å². The molecule has 32 heavy (non-hydrogen) atoms. The molecular weight excluding hydrogens is 418 g/mol. The van der Waals surface area contributed by atoms with Gasteiger partial charge >= 0.3 is 0 Å². The molecular formula is C26H31N3O2S. The van der Waals surface area contributed by atoms with E-state index in [1.54, 1.807) is 0 Å². The van der Waals surface area contributed by atoms with E-state index < -0.39 is 0 Å². The second-order valence-electron chi connectivity index (χ2n) is 8.91. The molecule has 0 saturated carbocycles. The molecule has 3 aromatic rings. The molecule has 2 heterocycles. The summed E-state index contributed by atoms with van der Waals surface area (Å²) in [6.45, 7) is 10.2. The topological polar surface area (TPSA) is 57.4 Å². The van der Waals surface area contributed by atoms with Crippen molar-refractivity contribution in [2.45, 2.75) is 53.2 Å². The highest BCUT2D eigenvalue weighted by atomic mass is 32.1. The summed E-state index contributed by atoms with van der Waals surface area (Å²) in [4.78, 5) is 18.0. The number of aromatic amines is 1. The number of thiocarbonyl (C=S) groups is 1. The minimum atomic E-state index is -0.0765. The number of fused-ring (bicyclic) bond motifs is 1.